The summed E-state index contributed by atoms with van der Waals surface area (Å²) in [7, 11) is 0. The van der Waals surface area contributed by atoms with E-state index in [0.717, 1.165) is 45.3 Å². The molecule has 1 aliphatic heterocycles. The van der Waals surface area contributed by atoms with E-state index >= 15 is 0 Å². The summed E-state index contributed by atoms with van der Waals surface area (Å²) >= 11 is 0. The van der Waals surface area contributed by atoms with Gasteiger partial charge in [0, 0.05) is 34.0 Å². The Balaban J connectivity index is 1.15. The smallest absolute Gasteiger partial charge is 0.0540 e. The number of allylic oxidation sites excluding steroid dienone is 4. The normalized spacial score (nSPS) is 12.2. The summed E-state index contributed by atoms with van der Waals surface area (Å²) in [6.07, 6.45) is 6.04. The van der Waals surface area contributed by atoms with E-state index in [0.29, 0.717) is 0 Å². The molecule has 9 rings (SSSR count). The topological polar surface area (TPSA) is 6.48 Å². The highest BCUT2D eigenvalue weighted by Gasteiger charge is 2.26. The Morgan fingerprint density at radius 1 is 0.421 bits per heavy atom. The first-order valence-corrected chi connectivity index (χ1v) is 19.5. The van der Waals surface area contributed by atoms with Gasteiger partial charge in [-0.15, -0.1) is 0 Å². The van der Waals surface area contributed by atoms with Gasteiger partial charge in [-0.05, 0) is 124 Å². The van der Waals surface area contributed by atoms with Gasteiger partial charge in [0.05, 0.1) is 5.69 Å². The van der Waals surface area contributed by atoms with Gasteiger partial charge in [0.1, 0.15) is 0 Å². The third-order valence-electron chi connectivity index (χ3n) is 10.8. The molecule has 2 heteroatoms. The lowest BCUT2D eigenvalue weighted by molar-refractivity contribution is 1.22. The van der Waals surface area contributed by atoms with E-state index in [1.165, 1.54) is 44.5 Å². The molecule has 1 aliphatic rings. The predicted molar refractivity (Wildman–Crippen MR) is 243 cm³/mol. The molecular weight excluding hydrogens is 689 g/mol. The van der Waals surface area contributed by atoms with Crippen molar-refractivity contribution in [1.82, 2.24) is 0 Å². The van der Waals surface area contributed by atoms with Crippen LogP contribution in [0.15, 0.2) is 237 Å². The van der Waals surface area contributed by atoms with E-state index in [4.69, 9.17) is 0 Å². The van der Waals surface area contributed by atoms with E-state index in [9.17, 15) is 0 Å². The molecule has 0 unspecified atom stereocenters. The van der Waals surface area contributed by atoms with Gasteiger partial charge in [-0.2, -0.15) is 0 Å². The summed E-state index contributed by atoms with van der Waals surface area (Å²) in [5.41, 5.74) is 18.5. The maximum absolute atomic E-state index is 3.98. The average Bonchev–Trinajstić information content (AvgIpc) is 3.39. The summed E-state index contributed by atoms with van der Waals surface area (Å²) in [5.74, 6) is 0. The molecule has 0 aromatic heterocycles. The van der Waals surface area contributed by atoms with Crippen molar-refractivity contribution in [2.45, 2.75) is 6.92 Å². The van der Waals surface area contributed by atoms with E-state index in [1.54, 1.807) is 0 Å². The van der Waals surface area contributed by atoms with Crippen molar-refractivity contribution in [3.05, 3.63) is 242 Å². The van der Waals surface area contributed by atoms with Crippen molar-refractivity contribution in [3.8, 4) is 44.5 Å². The van der Waals surface area contributed by atoms with E-state index in [1.807, 2.05) is 12.2 Å². The fourth-order valence-electron chi connectivity index (χ4n) is 7.98. The van der Waals surface area contributed by atoms with Gasteiger partial charge in [-0.1, -0.05) is 164 Å². The molecule has 0 atom stereocenters. The van der Waals surface area contributed by atoms with Crippen LogP contribution in [0.3, 0.4) is 0 Å². The lowest BCUT2D eigenvalue weighted by Crippen LogP contribution is -2.16. The molecule has 2 nitrogen and oxygen atoms in total. The highest BCUT2D eigenvalue weighted by atomic mass is 15.2. The number of rotatable bonds is 9. The molecule has 0 bridgehead atoms. The number of nitrogens with zero attached hydrogens (tertiary/aromatic N) is 2. The molecular formula is C55H42N2. The minimum absolute atomic E-state index is 1.09. The van der Waals surface area contributed by atoms with Gasteiger partial charge in [0.25, 0.3) is 0 Å². The molecule has 0 aliphatic carbocycles. The third-order valence-corrected chi connectivity index (χ3v) is 10.8. The molecule has 0 radical (unpaired) electrons. The van der Waals surface area contributed by atoms with Crippen molar-refractivity contribution in [1.29, 1.82) is 0 Å². The summed E-state index contributed by atoms with van der Waals surface area (Å²) in [5, 5.41) is 0. The maximum atomic E-state index is 3.98. The van der Waals surface area contributed by atoms with E-state index < -0.39 is 0 Å². The van der Waals surface area contributed by atoms with Crippen LogP contribution in [0.25, 0.3) is 50.1 Å². The Morgan fingerprint density at radius 3 is 1.51 bits per heavy atom. The fourth-order valence-corrected chi connectivity index (χ4v) is 7.98. The number of hydrogen-bond acceptors (Lipinski definition) is 2. The van der Waals surface area contributed by atoms with Crippen LogP contribution in [0.4, 0.5) is 28.4 Å². The zero-order chi connectivity index (χ0) is 38.6. The molecule has 57 heavy (non-hydrogen) atoms. The molecule has 0 saturated heterocycles. The third kappa shape index (κ3) is 7.01. The molecule has 8 aromatic carbocycles. The molecule has 8 aromatic rings. The Bertz CT molecular complexity index is 2660. The first kappa shape index (κ1) is 35.3. The van der Waals surface area contributed by atoms with Gasteiger partial charge in [0.15, 0.2) is 0 Å². The Labute approximate surface area is 336 Å². The fraction of sp³-hybridized carbons (Fsp3) is 0.0182. The molecule has 0 fully saturated rings. The Kier molecular flexibility index (Phi) is 9.75. The van der Waals surface area contributed by atoms with Crippen LogP contribution in [0.5, 0.6) is 0 Å². The summed E-state index contributed by atoms with van der Waals surface area (Å²) in [6, 6.07) is 74.1. The summed E-state index contributed by atoms with van der Waals surface area (Å²) in [4.78, 5) is 4.74. The Morgan fingerprint density at radius 2 is 0.912 bits per heavy atom. The second kappa shape index (κ2) is 15.7. The number of fused-ring (bicyclic) bond motifs is 3. The first-order valence-electron chi connectivity index (χ1n) is 19.5. The zero-order valence-electron chi connectivity index (χ0n) is 32.0. The monoisotopic (exact) mass is 730 g/mol. The maximum Gasteiger partial charge on any atom is 0.0540 e. The van der Waals surface area contributed by atoms with Crippen molar-refractivity contribution < 1.29 is 0 Å². The van der Waals surface area contributed by atoms with Crippen LogP contribution < -0.4 is 9.80 Å². The van der Waals surface area contributed by atoms with Crippen molar-refractivity contribution in [2.75, 3.05) is 9.80 Å². The van der Waals surface area contributed by atoms with Gasteiger partial charge in [-0.3, -0.25) is 0 Å². The van der Waals surface area contributed by atoms with E-state index in [2.05, 4.69) is 236 Å². The van der Waals surface area contributed by atoms with E-state index in [-0.39, 0.29) is 0 Å². The highest BCUT2D eigenvalue weighted by Crippen LogP contribution is 2.47. The largest absolute Gasteiger partial charge is 0.310 e. The van der Waals surface area contributed by atoms with Crippen LogP contribution in [0, 0.1) is 0 Å². The average molecular weight is 731 g/mol. The molecule has 272 valence electrons. The van der Waals surface area contributed by atoms with Crippen molar-refractivity contribution in [2.24, 2.45) is 0 Å². The van der Waals surface area contributed by atoms with Crippen molar-refractivity contribution >= 4 is 34.0 Å². The minimum Gasteiger partial charge on any atom is -0.310 e. The first-order chi connectivity index (χ1) is 28.2. The van der Waals surface area contributed by atoms with Crippen LogP contribution in [0.2, 0.25) is 0 Å². The molecule has 1 heterocycles. The quantitative estimate of drug-likeness (QED) is 0.136. The lowest BCUT2D eigenvalue weighted by Gasteiger charge is -2.28. The standard InChI is InChI=1S/C55H42N2/c1-3-4-30-54-40(2)51-28-14-15-29-52(51)53-39-46(33-36-55(53)57(54)47-24-12-7-13-25-47)43-31-34-48(35-32-43)56(49-26-16-22-44(37-49)41-18-8-5-9-19-41)50-27-17-23-45(38-50)42-20-10-6-11-21-42/h3-39H,1H2,2H3/b30-4-. The van der Waals surface area contributed by atoms with Gasteiger partial charge < -0.3 is 9.80 Å². The predicted octanol–water partition coefficient (Wildman–Crippen LogP) is 15.4. The summed E-state index contributed by atoms with van der Waals surface area (Å²) in [6.45, 7) is 6.20. The molecule has 0 N–H and O–H groups in total. The van der Waals surface area contributed by atoms with Gasteiger partial charge in [0.2, 0.25) is 0 Å². The van der Waals surface area contributed by atoms with Gasteiger partial charge >= 0.3 is 0 Å². The summed E-state index contributed by atoms with van der Waals surface area (Å²) < 4.78 is 0. The van der Waals surface area contributed by atoms with Gasteiger partial charge in [-0.25, -0.2) is 0 Å². The van der Waals surface area contributed by atoms with Crippen molar-refractivity contribution in [3.63, 3.8) is 0 Å². The second-order valence-corrected chi connectivity index (χ2v) is 14.3. The van der Waals surface area contributed by atoms with Crippen LogP contribution in [-0.2, 0) is 0 Å². The number of para-hydroxylation sites is 1. The highest BCUT2D eigenvalue weighted by molar-refractivity contribution is 5.98. The molecule has 0 amide bonds. The second-order valence-electron chi connectivity index (χ2n) is 14.3. The van der Waals surface area contributed by atoms with Crippen LogP contribution in [0.1, 0.15) is 12.5 Å². The van der Waals surface area contributed by atoms with Crippen LogP contribution >= 0.6 is 0 Å². The Hall–Kier alpha value is -7.42. The lowest BCUT2D eigenvalue weighted by atomic mass is 9.92. The number of anilines is 5. The molecule has 0 saturated carbocycles. The van der Waals surface area contributed by atoms with Crippen LogP contribution in [-0.4, -0.2) is 0 Å². The number of hydrogen-bond donors (Lipinski definition) is 0. The number of benzene rings is 8. The minimum atomic E-state index is 1.09. The SMILES string of the molecule is C=C/C=C\C1=C(C)c2ccccc2-c2cc(-c3ccc(N(c4cccc(-c5ccccc5)c4)c4cccc(-c5ccccc5)c4)cc3)ccc2N1c1ccccc1. The zero-order valence-corrected chi connectivity index (χ0v) is 32.0. The molecule has 0 spiro atoms.